The van der Waals surface area contributed by atoms with Crippen molar-refractivity contribution in [3.05, 3.63) is 59.7 Å². The van der Waals surface area contributed by atoms with Crippen molar-refractivity contribution in [2.45, 2.75) is 13.3 Å². The lowest BCUT2D eigenvalue weighted by Crippen LogP contribution is -2.12. The number of carbonyl (C=O) groups excluding carboxylic acids is 2. The molecule has 0 saturated heterocycles. The number of hydrogen-bond donors (Lipinski definition) is 0. The minimum atomic E-state index is -0.411. The van der Waals surface area contributed by atoms with Crippen LogP contribution in [0.4, 0.5) is 0 Å². The molecule has 0 N–H and O–H groups in total. The lowest BCUT2D eigenvalue weighted by Gasteiger charge is -2.07. The summed E-state index contributed by atoms with van der Waals surface area (Å²) in [4.78, 5) is 21.9. The Morgan fingerprint density at radius 2 is 1.25 bits per heavy atom. The lowest BCUT2D eigenvalue weighted by molar-refractivity contribution is -0.142. The van der Waals surface area contributed by atoms with Crippen LogP contribution in [0.15, 0.2) is 48.5 Å². The smallest absolute Gasteiger partial charge is 0.343 e. The molecule has 0 fully saturated rings. The van der Waals surface area contributed by atoms with Gasteiger partial charge in [-0.1, -0.05) is 24.3 Å². The van der Waals surface area contributed by atoms with Crippen LogP contribution in [0.2, 0.25) is 0 Å². The first-order valence-electron chi connectivity index (χ1n) is 7.56. The van der Waals surface area contributed by atoms with E-state index in [9.17, 15) is 9.59 Å². The summed E-state index contributed by atoms with van der Waals surface area (Å²) in [6.45, 7) is 1.48. The van der Waals surface area contributed by atoms with Gasteiger partial charge in [0.15, 0.2) is 12.4 Å². The quantitative estimate of drug-likeness (QED) is 0.697. The Bertz CT molecular complexity index is 674. The molecular formula is C19H20O5. The predicted octanol–water partition coefficient (Wildman–Crippen LogP) is 2.80. The summed E-state index contributed by atoms with van der Waals surface area (Å²) in [6, 6.07) is 15.2. The summed E-state index contributed by atoms with van der Waals surface area (Å²) >= 11 is 0. The highest BCUT2D eigenvalue weighted by atomic mass is 16.6. The largest absolute Gasteiger partial charge is 0.486 e. The van der Waals surface area contributed by atoms with E-state index in [0.29, 0.717) is 11.5 Å². The molecule has 0 saturated carbocycles. The maximum atomic E-state index is 11.0. The molecule has 0 aliphatic carbocycles. The lowest BCUT2D eigenvalue weighted by atomic mass is 10.0. The van der Waals surface area contributed by atoms with E-state index >= 15 is 0 Å². The van der Waals surface area contributed by atoms with E-state index in [1.54, 1.807) is 0 Å². The third-order valence-electron chi connectivity index (χ3n) is 3.28. The Labute approximate surface area is 141 Å². The first kappa shape index (κ1) is 17.5. The number of ether oxygens (including phenoxy) is 3. The average molecular weight is 328 g/mol. The molecule has 0 aliphatic rings. The van der Waals surface area contributed by atoms with Gasteiger partial charge in [-0.2, -0.15) is 0 Å². The predicted molar refractivity (Wildman–Crippen MR) is 89.4 cm³/mol. The van der Waals surface area contributed by atoms with Crippen LogP contribution in [0.1, 0.15) is 18.1 Å². The molecule has 0 amide bonds. The monoisotopic (exact) mass is 328 g/mol. The normalized spacial score (nSPS) is 10.1. The number of esters is 1. The van der Waals surface area contributed by atoms with Crippen molar-refractivity contribution in [3.8, 4) is 11.5 Å². The number of hydrogen-bond acceptors (Lipinski definition) is 5. The zero-order chi connectivity index (χ0) is 17.4. The molecular weight excluding hydrogens is 308 g/mol. The summed E-state index contributed by atoms with van der Waals surface area (Å²) in [5, 5.41) is 0. The molecule has 0 aromatic heterocycles. The summed E-state index contributed by atoms with van der Waals surface area (Å²) in [5.74, 6) is 0.886. The Morgan fingerprint density at radius 3 is 1.67 bits per heavy atom. The highest BCUT2D eigenvalue weighted by molar-refractivity contribution is 5.77. The maximum Gasteiger partial charge on any atom is 0.343 e. The van der Waals surface area contributed by atoms with Crippen molar-refractivity contribution < 1.29 is 23.8 Å². The first-order valence-corrected chi connectivity index (χ1v) is 7.56. The van der Waals surface area contributed by atoms with Gasteiger partial charge in [0.05, 0.1) is 7.11 Å². The van der Waals surface area contributed by atoms with E-state index in [0.717, 1.165) is 17.5 Å². The van der Waals surface area contributed by atoms with E-state index < -0.39 is 5.97 Å². The van der Waals surface area contributed by atoms with Crippen LogP contribution in [0, 0.1) is 0 Å². The highest BCUT2D eigenvalue weighted by Gasteiger charge is 2.03. The molecule has 0 heterocycles. The third-order valence-corrected chi connectivity index (χ3v) is 3.28. The van der Waals surface area contributed by atoms with Gasteiger partial charge in [0, 0.05) is 0 Å². The fraction of sp³-hybridized carbons (Fsp3) is 0.263. The molecule has 0 bridgehead atoms. The minimum absolute atomic E-state index is 0.00594. The molecule has 0 unspecified atom stereocenters. The molecule has 24 heavy (non-hydrogen) atoms. The Kier molecular flexibility index (Phi) is 6.37. The van der Waals surface area contributed by atoms with Gasteiger partial charge in [-0.25, -0.2) is 4.79 Å². The molecule has 0 atom stereocenters. The Morgan fingerprint density at radius 1 is 0.792 bits per heavy atom. The van der Waals surface area contributed by atoms with Crippen LogP contribution in [0.5, 0.6) is 11.5 Å². The van der Waals surface area contributed by atoms with Crippen molar-refractivity contribution in [1.29, 1.82) is 0 Å². The van der Waals surface area contributed by atoms with Gasteiger partial charge in [0.2, 0.25) is 0 Å². The maximum absolute atomic E-state index is 11.0. The standard InChI is InChI=1S/C19H20O5/c1-14(20)12-23-17-7-3-15(4-8-17)11-16-5-9-18(10-6-16)24-13-19(21)22-2/h3-10H,11-13H2,1-2H3. The van der Waals surface area contributed by atoms with Crippen LogP contribution in [0.25, 0.3) is 0 Å². The average Bonchev–Trinajstić information content (AvgIpc) is 2.60. The molecule has 0 aliphatic heterocycles. The second-order valence-electron chi connectivity index (χ2n) is 5.32. The number of ketones is 1. The minimum Gasteiger partial charge on any atom is -0.486 e. The van der Waals surface area contributed by atoms with E-state index in [1.165, 1.54) is 14.0 Å². The van der Waals surface area contributed by atoms with Gasteiger partial charge in [-0.05, 0) is 48.7 Å². The molecule has 126 valence electrons. The Balaban J connectivity index is 1.89. The molecule has 0 radical (unpaired) electrons. The van der Waals surface area contributed by atoms with Gasteiger partial charge in [-0.3, -0.25) is 4.79 Å². The zero-order valence-electron chi connectivity index (χ0n) is 13.8. The van der Waals surface area contributed by atoms with Crippen molar-refractivity contribution in [3.63, 3.8) is 0 Å². The molecule has 5 nitrogen and oxygen atoms in total. The SMILES string of the molecule is COC(=O)COc1ccc(Cc2ccc(OCC(C)=O)cc2)cc1. The fourth-order valence-corrected chi connectivity index (χ4v) is 2.03. The van der Waals surface area contributed by atoms with Gasteiger partial charge in [0.1, 0.15) is 18.1 Å². The fourth-order valence-electron chi connectivity index (χ4n) is 2.03. The summed E-state index contributed by atoms with van der Waals surface area (Å²) in [7, 11) is 1.32. The molecule has 5 heteroatoms. The topological polar surface area (TPSA) is 61.8 Å². The van der Waals surface area contributed by atoms with E-state index in [-0.39, 0.29) is 19.0 Å². The Hall–Kier alpha value is -2.82. The number of rotatable bonds is 8. The summed E-state index contributed by atoms with van der Waals surface area (Å²) < 4.78 is 15.2. The second kappa shape index (κ2) is 8.72. The van der Waals surface area contributed by atoms with Crippen molar-refractivity contribution in [1.82, 2.24) is 0 Å². The first-order chi connectivity index (χ1) is 11.6. The number of benzene rings is 2. The van der Waals surface area contributed by atoms with Gasteiger partial charge < -0.3 is 14.2 Å². The van der Waals surface area contributed by atoms with Crippen molar-refractivity contribution in [2.24, 2.45) is 0 Å². The van der Waals surface area contributed by atoms with Gasteiger partial charge in [0.25, 0.3) is 0 Å². The molecule has 2 aromatic carbocycles. The molecule has 2 aromatic rings. The van der Waals surface area contributed by atoms with Crippen LogP contribution < -0.4 is 9.47 Å². The van der Waals surface area contributed by atoms with Gasteiger partial charge in [-0.15, -0.1) is 0 Å². The number of Topliss-reactive ketones (excluding diaryl/α,β-unsaturated/α-hetero) is 1. The van der Waals surface area contributed by atoms with Crippen LogP contribution in [-0.2, 0) is 20.7 Å². The van der Waals surface area contributed by atoms with Crippen molar-refractivity contribution >= 4 is 11.8 Å². The number of carbonyl (C=O) groups is 2. The van der Waals surface area contributed by atoms with Crippen LogP contribution >= 0.6 is 0 Å². The van der Waals surface area contributed by atoms with Gasteiger partial charge >= 0.3 is 5.97 Å². The zero-order valence-corrected chi connectivity index (χ0v) is 13.8. The van der Waals surface area contributed by atoms with E-state index in [1.807, 2.05) is 48.5 Å². The molecule has 2 rings (SSSR count). The number of methoxy groups -OCH3 is 1. The summed E-state index contributed by atoms with van der Waals surface area (Å²) in [5.41, 5.74) is 2.26. The van der Waals surface area contributed by atoms with Crippen LogP contribution in [-0.4, -0.2) is 32.1 Å². The third kappa shape index (κ3) is 5.76. The highest BCUT2D eigenvalue weighted by Crippen LogP contribution is 2.18. The summed E-state index contributed by atoms with van der Waals surface area (Å²) in [6.07, 6.45) is 0.768. The molecule has 0 spiro atoms. The van der Waals surface area contributed by atoms with E-state index in [4.69, 9.17) is 9.47 Å². The second-order valence-corrected chi connectivity index (χ2v) is 5.32. The van der Waals surface area contributed by atoms with E-state index in [2.05, 4.69) is 4.74 Å². The van der Waals surface area contributed by atoms with Crippen LogP contribution in [0.3, 0.4) is 0 Å². The van der Waals surface area contributed by atoms with Crippen molar-refractivity contribution in [2.75, 3.05) is 20.3 Å².